The van der Waals surface area contributed by atoms with E-state index in [0.29, 0.717) is 56.1 Å². The van der Waals surface area contributed by atoms with Crippen molar-refractivity contribution in [2.45, 2.75) is 42.1 Å². The number of pyridine rings is 2. The first kappa shape index (κ1) is 28.0. The number of nitrogens with two attached hydrogens (primary N) is 1. The van der Waals surface area contributed by atoms with Crippen LogP contribution < -0.4 is 9.88 Å². The molecule has 2 N–H and O–H groups in total. The van der Waals surface area contributed by atoms with Gasteiger partial charge in [0, 0.05) is 68.8 Å². The first-order chi connectivity index (χ1) is 19.6. The molecule has 1 aliphatic carbocycles. The molecule has 13 heteroatoms. The van der Waals surface area contributed by atoms with Crippen LogP contribution in [0.1, 0.15) is 58.1 Å². The second kappa shape index (κ2) is 10.9. The van der Waals surface area contributed by atoms with Gasteiger partial charge in [-0.2, -0.15) is 0 Å². The van der Waals surface area contributed by atoms with Crippen molar-refractivity contribution in [2.75, 3.05) is 53.1 Å². The molecule has 2 atom stereocenters. The summed E-state index contributed by atoms with van der Waals surface area (Å²) in [7, 11) is -2.30. The van der Waals surface area contributed by atoms with Gasteiger partial charge in [0.25, 0.3) is 11.8 Å². The van der Waals surface area contributed by atoms with Crippen molar-refractivity contribution < 1.29 is 32.2 Å². The first-order valence-corrected chi connectivity index (χ1v) is 15.5. The van der Waals surface area contributed by atoms with E-state index in [1.54, 1.807) is 23.0 Å². The van der Waals surface area contributed by atoms with Crippen LogP contribution in [0.15, 0.2) is 35.4 Å². The molecule has 5 heterocycles. The third kappa shape index (κ3) is 5.81. The summed E-state index contributed by atoms with van der Waals surface area (Å²) in [6, 6.07) is 6.26. The van der Waals surface area contributed by atoms with Gasteiger partial charge in [0.2, 0.25) is 15.9 Å². The van der Waals surface area contributed by atoms with Gasteiger partial charge < -0.3 is 24.0 Å². The molecule has 4 fully saturated rings. The molecule has 0 spiro atoms. The lowest BCUT2D eigenvalue weighted by Gasteiger charge is -2.28. The fourth-order valence-electron chi connectivity index (χ4n) is 6.06. The molecule has 2 aromatic heterocycles. The van der Waals surface area contributed by atoms with E-state index in [2.05, 4.69) is 4.98 Å². The number of rotatable bonds is 8. The Morgan fingerprint density at radius 3 is 2.37 bits per heavy atom. The maximum atomic E-state index is 13.8. The highest BCUT2D eigenvalue weighted by Crippen LogP contribution is 2.41. The lowest BCUT2D eigenvalue weighted by molar-refractivity contribution is -0.0111. The van der Waals surface area contributed by atoms with Gasteiger partial charge in [0.15, 0.2) is 0 Å². The van der Waals surface area contributed by atoms with Crippen LogP contribution >= 0.6 is 0 Å². The molecule has 1 saturated carbocycles. The van der Waals surface area contributed by atoms with Gasteiger partial charge in [-0.25, -0.2) is 23.5 Å². The number of primary sulfonamides is 1. The molecule has 41 heavy (non-hydrogen) atoms. The predicted molar refractivity (Wildman–Crippen MR) is 146 cm³/mol. The summed E-state index contributed by atoms with van der Waals surface area (Å²) < 4.78 is 40.5. The zero-order chi connectivity index (χ0) is 28.8. The van der Waals surface area contributed by atoms with Crippen LogP contribution in [0.5, 0.6) is 5.88 Å². The number of sulfonamides is 1. The molecule has 0 radical (unpaired) electrons. The van der Waals surface area contributed by atoms with E-state index >= 15 is 0 Å². The Labute approximate surface area is 239 Å². The van der Waals surface area contributed by atoms with E-state index in [1.165, 1.54) is 12.1 Å². The Balaban J connectivity index is 1.14. The monoisotopic (exact) mass is 585 g/mol. The smallest absolute Gasteiger partial charge is 0.272 e. The van der Waals surface area contributed by atoms with Gasteiger partial charge in [-0.05, 0) is 49.8 Å². The summed E-state index contributed by atoms with van der Waals surface area (Å²) in [5.41, 5.74) is 0.869. The van der Waals surface area contributed by atoms with E-state index in [4.69, 9.17) is 24.3 Å². The molecule has 4 aliphatic rings. The quantitative estimate of drug-likeness (QED) is 0.484. The Morgan fingerprint density at radius 1 is 1.07 bits per heavy atom. The molecule has 0 unspecified atom stereocenters. The second-order valence-electron chi connectivity index (χ2n) is 11.5. The van der Waals surface area contributed by atoms with Crippen LogP contribution in [0.25, 0.3) is 0 Å². The van der Waals surface area contributed by atoms with Gasteiger partial charge in [-0.15, -0.1) is 0 Å². The van der Waals surface area contributed by atoms with Gasteiger partial charge in [-0.3, -0.25) is 9.59 Å². The molecule has 2 amide bonds. The van der Waals surface area contributed by atoms with Crippen LogP contribution in [-0.4, -0.2) is 98.7 Å². The van der Waals surface area contributed by atoms with E-state index < -0.39 is 15.6 Å². The molecule has 3 saturated heterocycles. The predicted octanol–water partition coefficient (Wildman–Crippen LogP) is 1.42. The molecule has 220 valence electrons. The minimum Gasteiger partial charge on any atom is -0.477 e. The van der Waals surface area contributed by atoms with Gasteiger partial charge in [0.05, 0.1) is 19.7 Å². The first-order valence-electron chi connectivity index (χ1n) is 14.0. The minimum absolute atomic E-state index is 0.0851. The fourth-order valence-corrected chi connectivity index (χ4v) is 6.52. The molecule has 2 aromatic rings. The molecule has 0 bridgehead atoms. The number of nitrogens with zero attached hydrogens (tertiary/aromatic N) is 4. The van der Waals surface area contributed by atoms with Crippen molar-refractivity contribution in [1.29, 1.82) is 0 Å². The number of methoxy groups -OCH3 is 1. The van der Waals surface area contributed by atoms with Gasteiger partial charge >= 0.3 is 0 Å². The topological polar surface area (TPSA) is 154 Å². The van der Waals surface area contributed by atoms with Crippen LogP contribution in [0.3, 0.4) is 0 Å². The standard InChI is InChI=1S/C28H35N5O7S/c1-38-28-16-32(13-21(28)14-33(17-28)27(35)23-5-4-22(12-30-23)41(29,36)37)26(34)20-10-24(19-2-3-19)31-25(11-20)40-15-18-6-8-39-9-7-18/h4-5,10-12,18-19,21H,2-3,6-9,13-17H2,1H3,(H2,29,36,37)/t21-,28+/m0/s1. The third-order valence-corrected chi connectivity index (χ3v) is 9.58. The second-order valence-corrected chi connectivity index (χ2v) is 13.1. The Kier molecular flexibility index (Phi) is 7.47. The number of hydrogen-bond donors (Lipinski definition) is 1. The zero-order valence-electron chi connectivity index (χ0n) is 23.0. The maximum Gasteiger partial charge on any atom is 0.272 e. The van der Waals surface area contributed by atoms with E-state index in [-0.39, 0.29) is 28.3 Å². The summed E-state index contributed by atoms with van der Waals surface area (Å²) in [5, 5.41) is 5.14. The molecular weight excluding hydrogens is 550 g/mol. The number of amides is 2. The van der Waals surface area contributed by atoms with Crippen molar-refractivity contribution in [1.82, 2.24) is 19.8 Å². The van der Waals surface area contributed by atoms with E-state index in [9.17, 15) is 18.0 Å². The Hall–Kier alpha value is -3.13. The normalized spacial score (nSPS) is 24.9. The Morgan fingerprint density at radius 2 is 1.78 bits per heavy atom. The number of carbonyl (C=O) groups is 2. The number of hydrogen-bond acceptors (Lipinski definition) is 9. The fraction of sp³-hybridized carbons (Fsp3) is 0.571. The summed E-state index contributed by atoms with van der Waals surface area (Å²) in [4.78, 5) is 38.9. The lowest BCUT2D eigenvalue weighted by atomic mass is 9.95. The summed E-state index contributed by atoms with van der Waals surface area (Å²) in [5.74, 6) is 0.754. The number of aromatic nitrogens is 2. The molecule has 6 rings (SSSR count). The van der Waals surface area contributed by atoms with Gasteiger partial charge in [-0.1, -0.05) is 0 Å². The molecular formula is C28H35N5O7S. The average molecular weight is 586 g/mol. The van der Waals surface area contributed by atoms with Crippen molar-refractivity contribution in [2.24, 2.45) is 17.0 Å². The summed E-state index contributed by atoms with van der Waals surface area (Å²) in [6.07, 6.45) is 5.12. The molecule has 0 aromatic carbocycles. The van der Waals surface area contributed by atoms with Crippen molar-refractivity contribution >= 4 is 21.8 Å². The van der Waals surface area contributed by atoms with Crippen LogP contribution in [0, 0.1) is 11.8 Å². The van der Waals surface area contributed by atoms with Crippen molar-refractivity contribution in [3.8, 4) is 5.88 Å². The van der Waals surface area contributed by atoms with Crippen LogP contribution in [0.2, 0.25) is 0 Å². The highest BCUT2D eigenvalue weighted by molar-refractivity contribution is 7.89. The van der Waals surface area contributed by atoms with Crippen molar-refractivity contribution in [3.63, 3.8) is 0 Å². The maximum absolute atomic E-state index is 13.8. The summed E-state index contributed by atoms with van der Waals surface area (Å²) in [6.45, 7) is 3.50. The number of carbonyl (C=O) groups excluding carboxylic acids is 2. The van der Waals surface area contributed by atoms with E-state index in [0.717, 1.165) is 50.8 Å². The average Bonchev–Trinajstić information content (AvgIpc) is 3.68. The number of fused-ring (bicyclic) bond motifs is 1. The third-order valence-electron chi connectivity index (χ3n) is 8.68. The highest BCUT2D eigenvalue weighted by Gasteiger charge is 2.55. The van der Waals surface area contributed by atoms with E-state index in [1.807, 2.05) is 6.07 Å². The highest BCUT2D eigenvalue weighted by atomic mass is 32.2. The summed E-state index contributed by atoms with van der Waals surface area (Å²) >= 11 is 0. The molecule has 3 aliphatic heterocycles. The largest absolute Gasteiger partial charge is 0.477 e. The molecule has 12 nitrogen and oxygen atoms in total. The van der Waals surface area contributed by atoms with Crippen molar-refractivity contribution in [3.05, 3.63) is 47.4 Å². The van der Waals surface area contributed by atoms with Crippen LogP contribution in [0.4, 0.5) is 0 Å². The minimum atomic E-state index is -3.90. The number of ether oxygens (including phenoxy) is 3. The van der Waals surface area contributed by atoms with Gasteiger partial charge in [0.1, 0.15) is 16.2 Å². The Bertz CT molecular complexity index is 1430. The van der Waals surface area contributed by atoms with Crippen LogP contribution in [-0.2, 0) is 19.5 Å². The lowest BCUT2D eigenvalue weighted by Crippen LogP contribution is -2.44. The number of likely N-dealkylation sites (tertiary alicyclic amines) is 2. The SMILES string of the molecule is CO[C@@]12CN(C(=O)c3cc(OCC4CCOCC4)nc(C4CC4)c3)C[C@H]1CN(C(=O)c1ccc(S(N)(=O)=O)cn1)C2. The zero-order valence-corrected chi connectivity index (χ0v) is 23.8.